The lowest BCUT2D eigenvalue weighted by Gasteiger charge is -2.37. The lowest BCUT2D eigenvalue weighted by atomic mass is 10.1. The van der Waals surface area contributed by atoms with Crippen LogP contribution in [0.1, 0.15) is 19.3 Å². The molecule has 7 nitrogen and oxygen atoms in total. The van der Waals surface area contributed by atoms with Gasteiger partial charge in [0.25, 0.3) is 0 Å². The third-order valence-corrected chi connectivity index (χ3v) is 6.24. The number of nitrogens with zero attached hydrogens (tertiary/aromatic N) is 3. The Balaban J connectivity index is 1.29. The molecule has 3 aliphatic heterocycles. The summed E-state index contributed by atoms with van der Waals surface area (Å²) in [4.78, 5) is 9.29. The Morgan fingerprint density at radius 2 is 2.00 bits per heavy atom. The Morgan fingerprint density at radius 3 is 2.79 bits per heavy atom. The van der Waals surface area contributed by atoms with E-state index in [1.165, 1.54) is 12.1 Å². The van der Waals surface area contributed by atoms with Gasteiger partial charge in [-0.15, -0.1) is 0 Å². The predicted molar refractivity (Wildman–Crippen MR) is 115 cm³/mol. The molecule has 0 radical (unpaired) electrons. The summed E-state index contributed by atoms with van der Waals surface area (Å²) in [6.45, 7) is 6.34. The summed E-state index contributed by atoms with van der Waals surface area (Å²) in [5, 5.41) is 3.61. The molecule has 0 saturated carbocycles. The molecule has 0 bridgehead atoms. The van der Waals surface area contributed by atoms with Crippen molar-refractivity contribution < 1.29 is 14.2 Å². The van der Waals surface area contributed by atoms with Crippen molar-refractivity contribution in [3.63, 3.8) is 0 Å². The standard InChI is InChI=1S/C22H34N4O3/c1-23-22(26-11-13-29-21(16-26)20-8-5-12-28-20)24-14-17-9-10-25(15-17)18-6-3-4-7-19(18)27-2/h3-4,6-7,17,20-21H,5,8-16H2,1-2H3,(H,23,24). The number of rotatable bonds is 5. The number of hydrogen-bond donors (Lipinski definition) is 1. The van der Waals surface area contributed by atoms with Crippen molar-refractivity contribution in [2.75, 3.05) is 65.0 Å². The number of anilines is 1. The van der Waals surface area contributed by atoms with Crippen molar-refractivity contribution in [2.24, 2.45) is 10.9 Å². The molecule has 3 saturated heterocycles. The van der Waals surface area contributed by atoms with Gasteiger partial charge in [0.15, 0.2) is 5.96 Å². The summed E-state index contributed by atoms with van der Waals surface area (Å²) in [5.74, 6) is 2.52. The van der Waals surface area contributed by atoms with E-state index in [-0.39, 0.29) is 12.2 Å². The number of nitrogens with one attached hydrogen (secondary N) is 1. The monoisotopic (exact) mass is 402 g/mol. The minimum absolute atomic E-state index is 0.150. The van der Waals surface area contributed by atoms with E-state index in [0.717, 1.165) is 70.5 Å². The van der Waals surface area contributed by atoms with Gasteiger partial charge in [-0.3, -0.25) is 4.99 Å². The van der Waals surface area contributed by atoms with Crippen LogP contribution in [0.5, 0.6) is 5.75 Å². The number of morpholine rings is 1. The van der Waals surface area contributed by atoms with Gasteiger partial charge in [0.2, 0.25) is 0 Å². The largest absolute Gasteiger partial charge is 0.495 e. The molecule has 160 valence electrons. The fourth-order valence-electron chi connectivity index (χ4n) is 4.67. The molecule has 3 aliphatic rings. The third kappa shape index (κ3) is 4.78. The van der Waals surface area contributed by atoms with Crippen molar-refractivity contribution >= 4 is 11.6 Å². The van der Waals surface area contributed by atoms with Gasteiger partial charge in [-0.2, -0.15) is 0 Å². The molecule has 1 aromatic rings. The van der Waals surface area contributed by atoms with Gasteiger partial charge in [-0.1, -0.05) is 12.1 Å². The first-order valence-corrected chi connectivity index (χ1v) is 10.8. The Kier molecular flexibility index (Phi) is 6.77. The van der Waals surface area contributed by atoms with Crippen LogP contribution in [-0.2, 0) is 9.47 Å². The summed E-state index contributed by atoms with van der Waals surface area (Å²) in [6.07, 6.45) is 3.80. The van der Waals surface area contributed by atoms with E-state index in [2.05, 4.69) is 32.2 Å². The van der Waals surface area contributed by atoms with E-state index < -0.39 is 0 Å². The minimum Gasteiger partial charge on any atom is -0.495 e. The number of para-hydroxylation sites is 2. The second-order valence-electron chi connectivity index (χ2n) is 8.11. The van der Waals surface area contributed by atoms with Crippen molar-refractivity contribution in [3.8, 4) is 5.75 Å². The van der Waals surface area contributed by atoms with Crippen LogP contribution >= 0.6 is 0 Å². The van der Waals surface area contributed by atoms with Gasteiger partial charge >= 0.3 is 0 Å². The highest BCUT2D eigenvalue weighted by Gasteiger charge is 2.32. The Morgan fingerprint density at radius 1 is 1.14 bits per heavy atom. The molecule has 3 unspecified atom stereocenters. The van der Waals surface area contributed by atoms with Crippen LogP contribution in [-0.4, -0.2) is 83.2 Å². The van der Waals surface area contributed by atoms with E-state index in [4.69, 9.17) is 14.2 Å². The molecule has 0 aliphatic carbocycles. The van der Waals surface area contributed by atoms with Gasteiger partial charge in [0.05, 0.1) is 25.5 Å². The van der Waals surface area contributed by atoms with E-state index in [1.807, 2.05) is 19.2 Å². The average Bonchev–Trinajstić information content (AvgIpc) is 3.47. The lowest BCUT2D eigenvalue weighted by Crippen LogP contribution is -2.53. The number of methoxy groups -OCH3 is 1. The van der Waals surface area contributed by atoms with E-state index >= 15 is 0 Å². The fraction of sp³-hybridized carbons (Fsp3) is 0.682. The molecule has 1 aromatic carbocycles. The van der Waals surface area contributed by atoms with Crippen LogP contribution in [0.15, 0.2) is 29.3 Å². The van der Waals surface area contributed by atoms with Crippen molar-refractivity contribution in [1.29, 1.82) is 0 Å². The van der Waals surface area contributed by atoms with Crippen molar-refractivity contribution in [1.82, 2.24) is 10.2 Å². The zero-order valence-corrected chi connectivity index (χ0v) is 17.7. The predicted octanol–water partition coefficient (Wildman–Crippen LogP) is 1.98. The highest BCUT2D eigenvalue weighted by Crippen LogP contribution is 2.31. The first-order chi connectivity index (χ1) is 14.3. The van der Waals surface area contributed by atoms with Gasteiger partial charge < -0.3 is 29.3 Å². The number of hydrogen-bond acceptors (Lipinski definition) is 5. The van der Waals surface area contributed by atoms with Crippen LogP contribution in [0.25, 0.3) is 0 Å². The number of ether oxygens (including phenoxy) is 3. The molecule has 0 amide bonds. The molecule has 0 aromatic heterocycles. The zero-order valence-electron chi connectivity index (χ0n) is 17.7. The van der Waals surface area contributed by atoms with E-state index in [1.54, 1.807) is 7.11 Å². The van der Waals surface area contributed by atoms with Crippen LogP contribution in [0, 0.1) is 5.92 Å². The van der Waals surface area contributed by atoms with Crippen LogP contribution in [0.4, 0.5) is 5.69 Å². The second kappa shape index (κ2) is 9.67. The molecule has 0 spiro atoms. The lowest BCUT2D eigenvalue weighted by molar-refractivity contribution is -0.0817. The Hall–Kier alpha value is -1.99. The zero-order chi connectivity index (χ0) is 20.1. The molecule has 3 fully saturated rings. The molecular weight excluding hydrogens is 368 g/mol. The third-order valence-electron chi connectivity index (χ3n) is 6.24. The Bertz CT molecular complexity index is 692. The molecule has 3 atom stereocenters. The summed E-state index contributed by atoms with van der Waals surface area (Å²) < 4.78 is 17.4. The maximum absolute atomic E-state index is 5.98. The van der Waals surface area contributed by atoms with Gasteiger partial charge in [0.1, 0.15) is 11.9 Å². The SMILES string of the molecule is CN=C(NCC1CCN(c2ccccc2OC)C1)N1CCOC(C2CCCO2)C1. The highest BCUT2D eigenvalue weighted by atomic mass is 16.5. The topological polar surface area (TPSA) is 58.6 Å². The highest BCUT2D eigenvalue weighted by molar-refractivity contribution is 5.80. The fourth-order valence-corrected chi connectivity index (χ4v) is 4.67. The number of benzene rings is 1. The number of guanidine groups is 1. The average molecular weight is 403 g/mol. The maximum Gasteiger partial charge on any atom is 0.193 e. The van der Waals surface area contributed by atoms with Gasteiger partial charge in [-0.05, 0) is 37.3 Å². The molecule has 1 N–H and O–H groups in total. The number of aliphatic imine (C=N–C) groups is 1. The van der Waals surface area contributed by atoms with Crippen LogP contribution in [0.3, 0.4) is 0 Å². The van der Waals surface area contributed by atoms with Crippen LogP contribution < -0.4 is 15.0 Å². The minimum atomic E-state index is 0.150. The summed E-state index contributed by atoms with van der Waals surface area (Å²) in [7, 11) is 3.61. The summed E-state index contributed by atoms with van der Waals surface area (Å²) in [6, 6.07) is 8.28. The second-order valence-corrected chi connectivity index (χ2v) is 8.11. The normalized spacial score (nSPS) is 28.1. The molecule has 4 rings (SSSR count). The van der Waals surface area contributed by atoms with Crippen molar-refractivity contribution in [2.45, 2.75) is 31.5 Å². The molecule has 29 heavy (non-hydrogen) atoms. The summed E-state index contributed by atoms with van der Waals surface area (Å²) in [5.41, 5.74) is 1.19. The molecule has 7 heteroatoms. The smallest absolute Gasteiger partial charge is 0.193 e. The maximum atomic E-state index is 5.98. The van der Waals surface area contributed by atoms with E-state index in [9.17, 15) is 0 Å². The first kappa shape index (κ1) is 20.3. The molecule has 3 heterocycles. The van der Waals surface area contributed by atoms with Crippen LogP contribution in [0.2, 0.25) is 0 Å². The molecular formula is C22H34N4O3. The van der Waals surface area contributed by atoms with Gasteiger partial charge in [0, 0.05) is 46.4 Å². The quantitative estimate of drug-likeness (QED) is 0.600. The Labute approximate surface area is 174 Å². The summed E-state index contributed by atoms with van der Waals surface area (Å²) >= 11 is 0. The van der Waals surface area contributed by atoms with E-state index in [0.29, 0.717) is 5.92 Å². The van der Waals surface area contributed by atoms with Crippen molar-refractivity contribution in [3.05, 3.63) is 24.3 Å². The van der Waals surface area contributed by atoms with Gasteiger partial charge in [-0.25, -0.2) is 0 Å². The first-order valence-electron chi connectivity index (χ1n) is 10.8.